The average Bonchev–Trinajstić information content (AvgIpc) is 2.61. The van der Waals surface area contributed by atoms with E-state index >= 15 is 0 Å². The molecule has 0 saturated heterocycles. The molecule has 0 aliphatic carbocycles. The van der Waals surface area contributed by atoms with E-state index in [1.165, 1.54) is 36.5 Å². The molecule has 132 valence electrons. The van der Waals surface area contributed by atoms with E-state index in [1.807, 2.05) is 0 Å². The van der Waals surface area contributed by atoms with Gasteiger partial charge in [-0.3, -0.25) is 4.98 Å². The Bertz CT molecular complexity index is 955. The highest BCUT2D eigenvalue weighted by Gasteiger charge is 2.32. The molecule has 0 unspecified atom stereocenters. The molecule has 0 fully saturated rings. The fraction of sp³-hybridized carbons (Fsp3) is 0.0526. The second-order valence-corrected chi connectivity index (χ2v) is 5.36. The Morgan fingerprint density at radius 3 is 2.42 bits per heavy atom. The van der Waals surface area contributed by atoms with Crippen LogP contribution in [0.3, 0.4) is 0 Å². The molecule has 2 aromatic carbocycles. The van der Waals surface area contributed by atoms with E-state index in [4.69, 9.17) is 5.11 Å². The number of benzene rings is 2. The maximum absolute atomic E-state index is 12.6. The summed E-state index contributed by atoms with van der Waals surface area (Å²) >= 11 is 0. The molecule has 0 saturated carbocycles. The van der Waals surface area contributed by atoms with Crippen molar-refractivity contribution in [2.45, 2.75) is 6.36 Å². The molecule has 0 amide bonds. The summed E-state index contributed by atoms with van der Waals surface area (Å²) in [5, 5.41) is 9.08. The van der Waals surface area contributed by atoms with Gasteiger partial charge in [-0.15, -0.1) is 13.2 Å². The van der Waals surface area contributed by atoms with Crippen LogP contribution in [0.5, 0.6) is 5.75 Å². The number of ether oxygens (including phenoxy) is 1. The van der Waals surface area contributed by atoms with Crippen LogP contribution in [0.4, 0.5) is 13.2 Å². The van der Waals surface area contributed by atoms with Gasteiger partial charge in [-0.05, 0) is 29.8 Å². The van der Waals surface area contributed by atoms with Gasteiger partial charge in [0.1, 0.15) is 5.75 Å². The van der Waals surface area contributed by atoms with Gasteiger partial charge in [-0.25, -0.2) is 4.79 Å². The average molecular weight is 359 g/mol. The van der Waals surface area contributed by atoms with Gasteiger partial charge >= 0.3 is 12.3 Å². The summed E-state index contributed by atoms with van der Waals surface area (Å²) in [6.07, 6.45) is -3.43. The Morgan fingerprint density at radius 1 is 0.962 bits per heavy atom. The fourth-order valence-corrected chi connectivity index (χ4v) is 2.49. The molecule has 0 aliphatic heterocycles. The molecule has 1 N–H and O–H groups in total. The summed E-state index contributed by atoms with van der Waals surface area (Å²) in [6, 6.07) is 15.2. The number of carboxylic acids is 1. The summed E-state index contributed by atoms with van der Waals surface area (Å²) in [5.74, 6) is -1.40. The number of halogens is 3. The lowest BCUT2D eigenvalue weighted by Crippen LogP contribution is -2.17. The number of rotatable bonds is 4. The zero-order valence-corrected chi connectivity index (χ0v) is 13.2. The molecule has 7 heteroatoms. The molecule has 0 spiro atoms. The topological polar surface area (TPSA) is 59.4 Å². The highest BCUT2D eigenvalue weighted by atomic mass is 19.4. The van der Waals surface area contributed by atoms with Crippen LogP contribution in [0.2, 0.25) is 0 Å². The summed E-state index contributed by atoms with van der Waals surface area (Å²) in [4.78, 5) is 15.2. The van der Waals surface area contributed by atoms with Gasteiger partial charge in [0.2, 0.25) is 0 Å². The quantitative estimate of drug-likeness (QED) is 0.711. The standard InChI is InChI=1S/C19H12F3NO3/c20-19(21,22)26-17-7-2-1-6-15(17)12-4-3-5-13(10-12)16-11-14(18(24)25)8-9-23-16/h1-11H,(H,24,25). The number of para-hydroxylation sites is 1. The Morgan fingerprint density at radius 2 is 1.69 bits per heavy atom. The minimum atomic E-state index is -4.80. The smallest absolute Gasteiger partial charge is 0.478 e. The SMILES string of the molecule is O=C(O)c1ccnc(-c2cccc(-c3ccccc3OC(F)(F)F)c2)c1. The van der Waals surface area contributed by atoms with Crippen LogP contribution >= 0.6 is 0 Å². The van der Waals surface area contributed by atoms with Crippen molar-refractivity contribution < 1.29 is 27.8 Å². The van der Waals surface area contributed by atoms with Gasteiger partial charge in [0.05, 0.1) is 11.3 Å². The fourth-order valence-electron chi connectivity index (χ4n) is 2.49. The number of hydrogen-bond donors (Lipinski definition) is 1. The van der Waals surface area contributed by atoms with Crippen molar-refractivity contribution in [1.29, 1.82) is 0 Å². The molecule has 0 radical (unpaired) electrons. The minimum absolute atomic E-state index is 0.0706. The Hall–Kier alpha value is -3.35. The lowest BCUT2D eigenvalue weighted by molar-refractivity contribution is -0.274. The zero-order valence-electron chi connectivity index (χ0n) is 13.2. The largest absolute Gasteiger partial charge is 0.573 e. The van der Waals surface area contributed by atoms with E-state index in [1.54, 1.807) is 30.3 Å². The lowest BCUT2D eigenvalue weighted by Gasteiger charge is -2.14. The summed E-state index contributed by atoms with van der Waals surface area (Å²) in [5.41, 5.74) is 1.81. The molecule has 1 aromatic heterocycles. The first-order valence-electron chi connectivity index (χ1n) is 7.48. The van der Waals surface area contributed by atoms with E-state index in [0.717, 1.165) is 0 Å². The maximum atomic E-state index is 12.6. The van der Waals surface area contributed by atoms with Crippen LogP contribution < -0.4 is 4.74 Å². The van der Waals surface area contributed by atoms with Crippen LogP contribution in [0.1, 0.15) is 10.4 Å². The molecule has 3 rings (SSSR count). The Balaban J connectivity index is 2.04. The van der Waals surface area contributed by atoms with E-state index in [2.05, 4.69) is 9.72 Å². The van der Waals surface area contributed by atoms with Gasteiger partial charge in [0.15, 0.2) is 0 Å². The number of carboxylic acid groups (broad SMARTS) is 1. The van der Waals surface area contributed by atoms with E-state index in [0.29, 0.717) is 16.8 Å². The molecular formula is C19H12F3NO3. The summed E-state index contributed by atoms with van der Waals surface area (Å²) in [7, 11) is 0. The second kappa shape index (κ2) is 6.87. The first-order chi connectivity index (χ1) is 12.3. The Kier molecular flexibility index (Phi) is 4.62. The highest BCUT2D eigenvalue weighted by molar-refractivity contribution is 5.89. The zero-order chi connectivity index (χ0) is 18.7. The third-order valence-electron chi connectivity index (χ3n) is 3.59. The Labute approximate surface area is 146 Å². The van der Waals surface area contributed by atoms with E-state index in [-0.39, 0.29) is 16.9 Å². The maximum Gasteiger partial charge on any atom is 0.573 e. The molecule has 26 heavy (non-hydrogen) atoms. The number of aromatic nitrogens is 1. The van der Waals surface area contributed by atoms with Crippen molar-refractivity contribution in [3.05, 3.63) is 72.4 Å². The molecule has 1 heterocycles. The predicted molar refractivity (Wildman–Crippen MR) is 88.8 cm³/mol. The van der Waals surface area contributed by atoms with Crippen LogP contribution in [0.25, 0.3) is 22.4 Å². The highest BCUT2D eigenvalue weighted by Crippen LogP contribution is 2.35. The number of pyridine rings is 1. The summed E-state index contributed by atoms with van der Waals surface area (Å²) < 4.78 is 41.9. The monoisotopic (exact) mass is 359 g/mol. The van der Waals surface area contributed by atoms with Crippen molar-refractivity contribution >= 4 is 5.97 Å². The third-order valence-corrected chi connectivity index (χ3v) is 3.59. The van der Waals surface area contributed by atoms with Gasteiger partial charge in [0, 0.05) is 17.3 Å². The number of aromatic carboxylic acids is 1. The molecular weight excluding hydrogens is 347 g/mol. The van der Waals surface area contributed by atoms with Crippen LogP contribution in [0.15, 0.2) is 66.9 Å². The number of nitrogens with zero attached hydrogens (tertiary/aromatic N) is 1. The molecule has 4 nitrogen and oxygen atoms in total. The molecule has 0 aliphatic rings. The van der Waals surface area contributed by atoms with Gasteiger partial charge in [-0.1, -0.05) is 36.4 Å². The first-order valence-corrected chi connectivity index (χ1v) is 7.48. The lowest BCUT2D eigenvalue weighted by atomic mass is 10.00. The van der Waals surface area contributed by atoms with Gasteiger partial charge < -0.3 is 9.84 Å². The van der Waals surface area contributed by atoms with Crippen LogP contribution in [-0.4, -0.2) is 22.4 Å². The predicted octanol–water partition coefficient (Wildman–Crippen LogP) is 5.01. The van der Waals surface area contributed by atoms with Crippen molar-refractivity contribution in [3.63, 3.8) is 0 Å². The van der Waals surface area contributed by atoms with Crippen molar-refractivity contribution in [1.82, 2.24) is 4.98 Å². The van der Waals surface area contributed by atoms with Crippen LogP contribution in [-0.2, 0) is 0 Å². The first kappa shape index (κ1) is 17.5. The summed E-state index contributed by atoms with van der Waals surface area (Å²) in [6.45, 7) is 0. The van der Waals surface area contributed by atoms with Gasteiger partial charge in [0.25, 0.3) is 0 Å². The van der Waals surface area contributed by atoms with Crippen molar-refractivity contribution in [2.24, 2.45) is 0 Å². The minimum Gasteiger partial charge on any atom is -0.478 e. The number of alkyl halides is 3. The van der Waals surface area contributed by atoms with Crippen molar-refractivity contribution in [2.75, 3.05) is 0 Å². The number of carbonyl (C=O) groups is 1. The number of hydrogen-bond acceptors (Lipinski definition) is 3. The second-order valence-electron chi connectivity index (χ2n) is 5.36. The third kappa shape index (κ3) is 4.00. The molecule has 0 atom stereocenters. The van der Waals surface area contributed by atoms with Gasteiger partial charge in [-0.2, -0.15) is 0 Å². The van der Waals surface area contributed by atoms with E-state index < -0.39 is 12.3 Å². The van der Waals surface area contributed by atoms with Crippen molar-refractivity contribution in [3.8, 4) is 28.1 Å². The normalized spacial score (nSPS) is 11.2. The van der Waals surface area contributed by atoms with Crippen LogP contribution in [0, 0.1) is 0 Å². The molecule has 3 aromatic rings. The molecule has 0 bridgehead atoms. The van der Waals surface area contributed by atoms with E-state index in [9.17, 15) is 18.0 Å².